The van der Waals surface area contributed by atoms with Crippen molar-refractivity contribution in [2.45, 2.75) is 44.6 Å². The van der Waals surface area contributed by atoms with Crippen LogP contribution in [0.15, 0.2) is 44.7 Å². The van der Waals surface area contributed by atoms with Crippen molar-refractivity contribution in [2.24, 2.45) is 0 Å². The summed E-state index contributed by atoms with van der Waals surface area (Å²) in [5, 5.41) is 9.17. The topological polar surface area (TPSA) is 111 Å². The van der Waals surface area contributed by atoms with Gasteiger partial charge in [-0.3, -0.25) is 4.79 Å². The Hall–Kier alpha value is -2.53. The van der Waals surface area contributed by atoms with Crippen LogP contribution in [0.3, 0.4) is 0 Å². The summed E-state index contributed by atoms with van der Waals surface area (Å²) in [7, 11) is -3.12. The number of rotatable bonds is 8. The molecule has 31 heavy (non-hydrogen) atoms. The van der Waals surface area contributed by atoms with Crippen molar-refractivity contribution in [3.05, 3.63) is 42.2 Å². The van der Waals surface area contributed by atoms with Crippen molar-refractivity contribution >= 4 is 27.5 Å². The highest BCUT2D eigenvalue weighted by atomic mass is 32.2. The summed E-state index contributed by atoms with van der Waals surface area (Å²) < 4.78 is 36.7. The van der Waals surface area contributed by atoms with Gasteiger partial charge in [0.05, 0.1) is 41.9 Å². The second-order valence-electron chi connectivity index (χ2n) is 7.39. The second kappa shape index (κ2) is 8.91. The van der Waals surface area contributed by atoms with E-state index in [1.165, 1.54) is 11.8 Å². The van der Waals surface area contributed by atoms with E-state index in [1.807, 2.05) is 24.5 Å². The molecule has 1 atom stereocenters. The Labute approximate surface area is 184 Å². The van der Waals surface area contributed by atoms with E-state index in [0.717, 1.165) is 11.3 Å². The van der Waals surface area contributed by atoms with Gasteiger partial charge in [-0.05, 0) is 38.5 Å². The van der Waals surface area contributed by atoms with E-state index in [4.69, 9.17) is 8.83 Å². The summed E-state index contributed by atoms with van der Waals surface area (Å²) >= 11 is 1.29. The molecule has 4 rings (SSSR count). The maximum atomic E-state index is 13.1. The molecule has 0 aliphatic carbocycles. The molecule has 0 bridgehead atoms. The first-order chi connectivity index (χ1) is 14.9. The average molecular weight is 465 g/mol. The summed E-state index contributed by atoms with van der Waals surface area (Å²) in [5.74, 6) is 2.12. The molecular formula is C20H24N4O5S2. The molecule has 1 aliphatic rings. The largest absolute Gasteiger partial charge is 0.469 e. The smallest absolute Gasteiger partial charge is 0.233 e. The maximum absolute atomic E-state index is 13.1. The third kappa shape index (κ3) is 4.72. The quantitative estimate of drug-likeness (QED) is 0.468. The van der Waals surface area contributed by atoms with Crippen LogP contribution in [0.1, 0.15) is 24.9 Å². The van der Waals surface area contributed by atoms with Crippen molar-refractivity contribution in [1.82, 2.24) is 19.7 Å². The predicted molar refractivity (Wildman–Crippen MR) is 115 cm³/mol. The Balaban J connectivity index is 1.50. The number of carbonyl (C=O) groups is 1. The molecule has 1 fully saturated rings. The number of thioether (sulfide) groups is 1. The van der Waals surface area contributed by atoms with Crippen LogP contribution in [0.4, 0.5) is 0 Å². The van der Waals surface area contributed by atoms with Gasteiger partial charge in [0.2, 0.25) is 5.91 Å². The number of amides is 1. The van der Waals surface area contributed by atoms with Gasteiger partial charge in [0.15, 0.2) is 20.8 Å². The Kier molecular flexibility index (Phi) is 6.24. The van der Waals surface area contributed by atoms with E-state index >= 15 is 0 Å². The molecule has 1 amide bonds. The monoisotopic (exact) mass is 464 g/mol. The Morgan fingerprint density at radius 2 is 2.13 bits per heavy atom. The second-order valence-corrected chi connectivity index (χ2v) is 10.6. The van der Waals surface area contributed by atoms with Crippen LogP contribution in [-0.2, 0) is 27.7 Å². The number of sulfone groups is 1. The van der Waals surface area contributed by atoms with Crippen molar-refractivity contribution in [2.75, 3.05) is 17.3 Å². The van der Waals surface area contributed by atoms with Crippen molar-refractivity contribution < 1.29 is 22.0 Å². The molecule has 1 saturated heterocycles. The highest BCUT2D eigenvalue weighted by Gasteiger charge is 2.35. The lowest BCUT2D eigenvalue weighted by atomic mass is 10.2. The van der Waals surface area contributed by atoms with E-state index in [2.05, 4.69) is 10.2 Å². The lowest BCUT2D eigenvalue weighted by Gasteiger charge is -2.27. The van der Waals surface area contributed by atoms with E-state index in [1.54, 1.807) is 29.6 Å². The van der Waals surface area contributed by atoms with Gasteiger partial charge in [0.1, 0.15) is 11.5 Å². The highest BCUT2D eigenvalue weighted by molar-refractivity contribution is 7.99. The summed E-state index contributed by atoms with van der Waals surface area (Å²) in [5.41, 5.74) is 0.864. The first-order valence-corrected chi connectivity index (χ1v) is 12.8. The zero-order valence-electron chi connectivity index (χ0n) is 17.4. The number of hydrogen-bond donors (Lipinski definition) is 0. The molecule has 3 aromatic heterocycles. The lowest BCUT2D eigenvalue weighted by Crippen LogP contribution is -2.41. The number of nitrogens with zero attached hydrogens (tertiary/aromatic N) is 4. The molecule has 0 aromatic carbocycles. The Bertz CT molecular complexity index is 1150. The minimum atomic E-state index is -3.12. The van der Waals surface area contributed by atoms with Crippen LogP contribution < -0.4 is 0 Å². The fourth-order valence-electron chi connectivity index (χ4n) is 3.72. The van der Waals surface area contributed by atoms with Crippen LogP contribution in [0.5, 0.6) is 0 Å². The Morgan fingerprint density at radius 1 is 1.29 bits per heavy atom. The number of hydrogen-bond acceptors (Lipinski definition) is 8. The molecule has 11 heteroatoms. The highest BCUT2D eigenvalue weighted by Crippen LogP contribution is 2.28. The van der Waals surface area contributed by atoms with Crippen molar-refractivity contribution in [3.8, 4) is 11.4 Å². The van der Waals surface area contributed by atoms with Gasteiger partial charge in [-0.2, -0.15) is 0 Å². The number of carbonyl (C=O) groups excluding carboxylic acids is 1. The maximum Gasteiger partial charge on any atom is 0.233 e. The molecule has 0 N–H and O–H groups in total. The minimum Gasteiger partial charge on any atom is -0.469 e. The van der Waals surface area contributed by atoms with Crippen LogP contribution in [0, 0.1) is 6.92 Å². The fraction of sp³-hybridized carbons (Fsp3) is 0.450. The van der Waals surface area contributed by atoms with Gasteiger partial charge in [0.25, 0.3) is 0 Å². The Morgan fingerprint density at radius 3 is 2.74 bits per heavy atom. The molecule has 0 saturated carbocycles. The third-order valence-electron chi connectivity index (χ3n) is 5.33. The van der Waals surface area contributed by atoms with E-state index < -0.39 is 9.84 Å². The van der Waals surface area contributed by atoms with Gasteiger partial charge >= 0.3 is 0 Å². The number of aromatic nitrogens is 3. The number of aryl methyl sites for hydroxylation is 1. The average Bonchev–Trinajstić information content (AvgIpc) is 3.51. The molecule has 3 aromatic rings. The summed E-state index contributed by atoms with van der Waals surface area (Å²) in [4.78, 5) is 14.7. The summed E-state index contributed by atoms with van der Waals surface area (Å²) in [6, 6.07) is 5.03. The van der Waals surface area contributed by atoms with Gasteiger partial charge in [-0.25, -0.2) is 8.42 Å². The predicted octanol–water partition coefficient (Wildman–Crippen LogP) is 2.77. The third-order valence-corrected chi connectivity index (χ3v) is 8.04. The SMILES string of the molecule is CCn1c(SCC(=O)N(Cc2ccco2)C2CCS(=O)(=O)C2)nnc1-c1ccoc1C. The van der Waals surface area contributed by atoms with Crippen molar-refractivity contribution in [3.63, 3.8) is 0 Å². The lowest BCUT2D eigenvalue weighted by molar-refractivity contribution is -0.131. The van der Waals surface area contributed by atoms with Crippen LogP contribution in [-0.4, -0.2) is 57.3 Å². The normalized spacial score (nSPS) is 17.8. The first kappa shape index (κ1) is 21.7. The van der Waals surface area contributed by atoms with E-state index in [0.29, 0.717) is 29.7 Å². The van der Waals surface area contributed by atoms with Gasteiger partial charge in [-0.1, -0.05) is 11.8 Å². The fourth-order valence-corrected chi connectivity index (χ4v) is 6.34. The van der Waals surface area contributed by atoms with Crippen LogP contribution in [0.2, 0.25) is 0 Å². The molecule has 0 spiro atoms. The van der Waals surface area contributed by atoms with E-state index in [-0.39, 0.29) is 35.8 Å². The molecule has 1 aliphatic heterocycles. The molecule has 166 valence electrons. The van der Waals surface area contributed by atoms with E-state index in [9.17, 15) is 13.2 Å². The first-order valence-electron chi connectivity index (χ1n) is 10.0. The van der Waals surface area contributed by atoms with Crippen molar-refractivity contribution in [1.29, 1.82) is 0 Å². The summed E-state index contributed by atoms with van der Waals surface area (Å²) in [6.45, 7) is 4.73. The molecule has 4 heterocycles. The van der Waals surface area contributed by atoms with Gasteiger partial charge in [0, 0.05) is 12.6 Å². The number of furan rings is 2. The van der Waals surface area contributed by atoms with Gasteiger partial charge < -0.3 is 18.3 Å². The molecule has 9 nitrogen and oxygen atoms in total. The van der Waals surface area contributed by atoms with Gasteiger partial charge in [-0.15, -0.1) is 10.2 Å². The molecule has 1 unspecified atom stereocenters. The zero-order chi connectivity index (χ0) is 22.0. The van der Waals surface area contributed by atoms with Crippen LogP contribution >= 0.6 is 11.8 Å². The minimum absolute atomic E-state index is 0.0147. The molecule has 0 radical (unpaired) electrons. The summed E-state index contributed by atoms with van der Waals surface area (Å²) in [6.07, 6.45) is 3.59. The molecular weight excluding hydrogens is 440 g/mol. The standard InChI is InChI=1S/C20H24N4O5S2/c1-3-23-19(17-6-9-28-14(17)2)21-22-20(23)30-12-18(25)24(11-16-5-4-8-29-16)15-7-10-31(26,27)13-15/h4-6,8-9,15H,3,7,10-13H2,1-2H3. The van der Waals surface area contributed by atoms with Crippen LogP contribution in [0.25, 0.3) is 11.4 Å². The zero-order valence-corrected chi connectivity index (χ0v) is 19.0.